The molecule has 1 aromatic rings. The number of rotatable bonds is 8. The number of aliphatic hydroxyl groups excluding tert-OH is 2. The van der Waals surface area contributed by atoms with Crippen LogP contribution in [0.15, 0.2) is 6.07 Å². The lowest BCUT2D eigenvalue weighted by atomic mass is 10.0. The third kappa shape index (κ3) is 5.48. The lowest BCUT2D eigenvalue weighted by Crippen LogP contribution is -2.35. The summed E-state index contributed by atoms with van der Waals surface area (Å²) in [7, 11) is 0. The molecule has 0 heterocycles. The predicted molar refractivity (Wildman–Crippen MR) is 87.6 cm³/mol. The lowest BCUT2D eigenvalue weighted by molar-refractivity contribution is -0.00143. The van der Waals surface area contributed by atoms with Crippen LogP contribution in [0.3, 0.4) is 0 Å². The lowest BCUT2D eigenvalue weighted by Gasteiger charge is -2.20. The fourth-order valence-corrected chi connectivity index (χ4v) is 2.14. The molecule has 1 aromatic carbocycles. The highest BCUT2D eigenvalue weighted by atomic mass is 16.6. The van der Waals surface area contributed by atoms with Gasteiger partial charge in [-0.15, -0.1) is 0 Å². The number of hydrogen-bond acceptors (Lipinski definition) is 5. The van der Waals surface area contributed by atoms with Crippen LogP contribution in [0.2, 0.25) is 0 Å². The van der Waals surface area contributed by atoms with Crippen molar-refractivity contribution in [2.45, 2.75) is 60.0 Å². The van der Waals surface area contributed by atoms with Crippen LogP contribution in [-0.2, 0) is 0 Å². The molecule has 5 nitrogen and oxygen atoms in total. The molecular formula is C17H29NO4. The normalized spacial score (nSPS) is 14.0. The van der Waals surface area contributed by atoms with Crippen LogP contribution in [0.4, 0.5) is 0 Å². The molecule has 22 heavy (non-hydrogen) atoms. The minimum Gasteiger partial charge on any atom is -0.491 e. The number of aliphatic hydroxyl groups is 2. The van der Waals surface area contributed by atoms with Gasteiger partial charge in [-0.05, 0) is 50.5 Å². The van der Waals surface area contributed by atoms with Gasteiger partial charge in [-0.3, -0.25) is 0 Å². The van der Waals surface area contributed by atoms with E-state index in [-0.39, 0.29) is 6.61 Å². The van der Waals surface area contributed by atoms with Crippen LogP contribution in [0.1, 0.15) is 37.5 Å². The Hall–Kier alpha value is -1.30. The van der Waals surface area contributed by atoms with E-state index in [9.17, 15) is 10.2 Å². The molecule has 126 valence electrons. The molecule has 0 fully saturated rings. The van der Waals surface area contributed by atoms with Crippen molar-refractivity contribution in [1.82, 2.24) is 5.32 Å². The summed E-state index contributed by atoms with van der Waals surface area (Å²) in [6.07, 6.45) is -1.41. The Morgan fingerprint density at radius 1 is 1.09 bits per heavy atom. The molecular weight excluding hydrogens is 282 g/mol. The first-order chi connectivity index (χ1) is 10.2. The first-order valence-corrected chi connectivity index (χ1v) is 7.72. The van der Waals surface area contributed by atoms with Crippen molar-refractivity contribution in [1.29, 1.82) is 0 Å². The fraction of sp³-hybridized carbons (Fsp3) is 0.647. The monoisotopic (exact) mass is 311 g/mol. The second kappa shape index (κ2) is 8.36. The smallest absolute Gasteiger partial charge is 0.194 e. The molecule has 2 atom stereocenters. The van der Waals surface area contributed by atoms with Gasteiger partial charge in [0.15, 0.2) is 6.29 Å². The van der Waals surface area contributed by atoms with Crippen LogP contribution in [-0.4, -0.2) is 41.8 Å². The molecule has 0 amide bonds. The Morgan fingerprint density at radius 3 is 2.27 bits per heavy atom. The van der Waals surface area contributed by atoms with Crippen molar-refractivity contribution < 1.29 is 19.7 Å². The van der Waals surface area contributed by atoms with Gasteiger partial charge in [-0.1, -0.05) is 13.8 Å². The molecule has 0 bridgehead atoms. The third-order valence-corrected chi connectivity index (χ3v) is 3.46. The summed E-state index contributed by atoms with van der Waals surface area (Å²) in [6, 6.07) is 2.21. The summed E-state index contributed by atoms with van der Waals surface area (Å²) in [5.41, 5.74) is 2.78. The van der Waals surface area contributed by atoms with E-state index in [4.69, 9.17) is 9.47 Å². The number of aryl methyl sites for hydroxylation is 1. The third-order valence-electron chi connectivity index (χ3n) is 3.46. The quantitative estimate of drug-likeness (QED) is 0.641. The SMILES string of the molecule is Cc1cc(OCC(O)CNC(C)C)c(C)c(C)c1OC(C)O. The standard InChI is InChI=1S/C17H29NO4/c1-10(2)18-8-15(20)9-21-16-7-11(3)17(22-14(6)19)13(5)12(16)4/h7,10,14-15,18-20H,8-9H2,1-6H3. The maximum Gasteiger partial charge on any atom is 0.194 e. The maximum absolute atomic E-state index is 9.92. The largest absolute Gasteiger partial charge is 0.491 e. The summed E-state index contributed by atoms with van der Waals surface area (Å²) in [5, 5.41) is 22.5. The number of benzene rings is 1. The summed E-state index contributed by atoms with van der Waals surface area (Å²) < 4.78 is 11.2. The van der Waals surface area contributed by atoms with Gasteiger partial charge in [0, 0.05) is 12.6 Å². The molecule has 0 saturated heterocycles. The van der Waals surface area contributed by atoms with Crippen molar-refractivity contribution in [2.24, 2.45) is 0 Å². The van der Waals surface area contributed by atoms with E-state index in [1.807, 2.05) is 40.7 Å². The van der Waals surface area contributed by atoms with Gasteiger partial charge in [-0.25, -0.2) is 0 Å². The maximum atomic E-state index is 9.92. The first kappa shape index (κ1) is 18.7. The first-order valence-electron chi connectivity index (χ1n) is 7.72. The molecule has 0 radical (unpaired) electrons. The van der Waals surface area contributed by atoms with Gasteiger partial charge in [0.25, 0.3) is 0 Å². The summed E-state index contributed by atoms with van der Waals surface area (Å²) in [4.78, 5) is 0. The van der Waals surface area contributed by atoms with E-state index in [0.717, 1.165) is 22.4 Å². The predicted octanol–water partition coefficient (Wildman–Crippen LogP) is 2.07. The van der Waals surface area contributed by atoms with Crippen LogP contribution < -0.4 is 14.8 Å². The van der Waals surface area contributed by atoms with Gasteiger partial charge < -0.3 is 25.0 Å². The Kier molecular flexibility index (Phi) is 7.13. The second-order valence-corrected chi connectivity index (χ2v) is 6.02. The molecule has 0 aliphatic carbocycles. The minimum absolute atomic E-state index is 0.232. The molecule has 0 aliphatic rings. The van der Waals surface area contributed by atoms with Gasteiger partial charge in [0.1, 0.15) is 24.2 Å². The van der Waals surface area contributed by atoms with Crippen LogP contribution in [0, 0.1) is 20.8 Å². The van der Waals surface area contributed by atoms with E-state index in [1.54, 1.807) is 6.92 Å². The summed E-state index contributed by atoms with van der Waals surface area (Å²) in [5.74, 6) is 1.42. The van der Waals surface area contributed by atoms with Crippen LogP contribution >= 0.6 is 0 Å². The highest BCUT2D eigenvalue weighted by Crippen LogP contribution is 2.33. The number of hydrogen-bond donors (Lipinski definition) is 3. The average molecular weight is 311 g/mol. The molecule has 2 unspecified atom stereocenters. The van der Waals surface area contributed by atoms with E-state index in [2.05, 4.69) is 5.32 Å². The average Bonchev–Trinajstić information content (AvgIpc) is 2.43. The van der Waals surface area contributed by atoms with Crippen molar-refractivity contribution in [3.8, 4) is 11.5 Å². The molecule has 0 aliphatic heterocycles. The van der Waals surface area contributed by atoms with Crippen molar-refractivity contribution in [3.05, 3.63) is 22.8 Å². The summed E-state index contributed by atoms with van der Waals surface area (Å²) >= 11 is 0. The molecule has 1 rings (SSSR count). The zero-order valence-electron chi connectivity index (χ0n) is 14.4. The zero-order valence-corrected chi connectivity index (χ0v) is 14.4. The topological polar surface area (TPSA) is 71.0 Å². The number of ether oxygens (including phenoxy) is 2. The Morgan fingerprint density at radius 2 is 1.73 bits per heavy atom. The highest BCUT2D eigenvalue weighted by Gasteiger charge is 2.15. The van der Waals surface area contributed by atoms with E-state index < -0.39 is 12.4 Å². The molecule has 0 spiro atoms. The number of nitrogens with one attached hydrogen (secondary N) is 1. The van der Waals surface area contributed by atoms with E-state index >= 15 is 0 Å². The van der Waals surface area contributed by atoms with Crippen molar-refractivity contribution >= 4 is 0 Å². The molecule has 0 saturated carbocycles. The van der Waals surface area contributed by atoms with E-state index in [1.165, 1.54) is 0 Å². The minimum atomic E-state index is -0.854. The zero-order chi connectivity index (χ0) is 16.9. The van der Waals surface area contributed by atoms with E-state index in [0.29, 0.717) is 18.3 Å². The fourth-order valence-electron chi connectivity index (χ4n) is 2.14. The van der Waals surface area contributed by atoms with Gasteiger partial charge in [-0.2, -0.15) is 0 Å². The highest BCUT2D eigenvalue weighted by molar-refractivity contribution is 5.52. The Balaban J connectivity index is 2.76. The van der Waals surface area contributed by atoms with Crippen LogP contribution in [0.25, 0.3) is 0 Å². The Labute approximate surface area is 133 Å². The molecule has 5 heteroatoms. The van der Waals surface area contributed by atoms with Crippen molar-refractivity contribution in [2.75, 3.05) is 13.2 Å². The van der Waals surface area contributed by atoms with Crippen LogP contribution in [0.5, 0.6) is 11.5 Å². The van der Waals surface area contributed by atoms with Gasteiger partial charge in [0.05, 0.1) is 0 Å². The molecule has 0 aromatic heterocycles. The van der Waals surface area contributed by atoms with Gasteiger partial charge in [0.2, 0.25) is 0 Å². The van der Waals surface area contributed by atoms with Gasteiger partial charge >= 0.3 is 0 Å². The molecule has 3 N–H and O–H groups in total. The Bertz CT molecular complexity index is 486. The second-order valence-electron chi connectivity index (χ2n) is 6.02. The van der Waals surface area contributed by atoms with Crippen molar-refractivity contribution in [3.63, 3.8) is 0 Å². The summed E-state index contributed by atoms with van der Waals surface area (Å²) in [6.45, 7) is 12.2.